The molecule has 0 fully saturated rings. The van der Waals surface area contributed by atoms with E-state index < -0.39 is 5.82 Å². The molecule has 0 saturated carbocycles. The van der Waals surface area contributed by atoms with Crippen LogP contribution in [0.5, 0.6) is 0 Å². The summed E-state index contributed by atoms with van der Waals surface area (Å²) in [6, 6.07) is 3.27. The van der Waals surface area contributed by atoms with Gasteiger partial charge in [0.15, 0.2) is 6.29 Å². The van der Waals surface area contributed by atoms with Gasteiger partial charge in [-0.25, -0.2) is 4.39 Å². The number of aldehydes is 1. The molecule has 0 amide bonds. The van der Waals surface area contributed by atoms with Gasteiger partial charge in [0, 0.05) is 0 Å². The maximum Gasteiger partial charge on any atom is 0.153 e. The van der Waals surface area contributed by atoms with Crippen molar-refractivity contribution in [3.8, 4) is 0 Å². The summed E-state index contributed by atoms with van der Waals surface area (Å²) in [6.07, 6.45) is 0.523. The van der Waals surface area contributed by atoms with Crippen molar-refractivity contribution < 1.29 is 9.18 Å². The molecule has 0 N–H and O–H groups in total. The molecule has 1 nitrogen and oxygen atoms in total. The van der Waals surface area contributed by atoms with Gasteiger partial charge in [-0.3, -0.25) is 4.79 Å². The maximum absolute atomic E-state index is 13.0. The smallest absolute Gasteiger partial charge is 0.153 e. The van der Waals surface area contributed by atoms with E-state index in [4.69, 9.17) is 0 Å². The third-order valence-corrected chi connectivity index (χ3v) is 2.08. The van der Waals surface area contributed by atoms with Crippen LogP contribution in [-0.4, -0.2) is 6.29 Å². The normalized spacial score (nSPS) is 8.69. The van der Waals surface area contributed by atoms with Gasteiger partial charge in [0.2, 0.25) is 0 Å². The lowest BCUT2D eigenvalue weighted by molar-refractivity contribution is 0.111. The van der Waals surface area contributed by atoms with Crippen LogP contribution in [0.1, 0.15) is 29.8 Å². The molecule has 0 aliphatic heterocycles. The fourth-order valence-electron chi connectivity index (χ4n) is 0.808. The summed E-state index contributed by atoms with van der Waals surface area (Å²) in [5.41, 5.74) is 0.778. The molecule has 0 unspecified atom stereocenters. The van der Waals surface area contributed by atoms with Gasteiger partial charge in [-0.05, 0) is 34.5 Å². The van der Waals surface area contributed by atoms with E-state index in [2.05, 4.69) is 15.9 Å². The second-order valence-corrected chi connectivity index (χ2v) is 3.06. The molecule has 0 bridgehead atoms. The largest absolute Gasteiger partial charge is 0.298 e. The lowest BCUT2D eigenvalue weighted by atomic mass is 10.1. The zero-order chi connectivity index (χ0) is 10.4. The van der Waals surface area contributed by atoms with Crippen molar-refractivity contribution >= 4 is 22.2 Å². The minimum atomic E-state index is -0.486. The van der Waals surface area contributed by atoms with E-state index in [9.17, 15) is 9.18 Å². The molecular weight excluding hydrogens is 235 g/mol. The van der Waals surface area contributed by atoms with Gasteiger partial charge in [0.1, 0.15) is 5.82 Å². The van der Waals surface area contributed by atoms with Gasteiger partial charge in [0.05, 0.1) is 10.0 Å². The quantitative estimate of drug-likeness (QED) is 0.691. The van der Waals surface area contributed by atoms with Crippen LogP contribution in [0.2, 0.25) is 0 Å². The summed E-state index contributed by atoms with van der Waals surface area (Å²) in [4.78, 5) is 10.3. The van der Waals surface area contributed by atoms with Crippen molar-refractivity contribution in [3.63, 3.8) is 0 Å². The number of hydrogen-bond donors (Lipinski definition) is 0. The predicted octanol–water partition coefficient (Wildman–Crippen LogP) is 3.74. The molecule has 3 heteroatoms. The number of halogens is 2. The fraction of sp³-hybridized carbons (Fsp3) is 0.300. The Bertz CT molecular complexity index is 297. The van der Waals surface area contributed by atoms with Crippen molar-refractivity contribution in [2.45, 2.75) is 20.8 Å². The number of aryl methyl sites for hydroxylation is 1. The minimum absolute atomic E-state index is 0.124. The van der Waals surface area contributed by atoms with Crippen LogP contribution in [0.15, 0.2) is 16.6 Å². The van der Waals surface area contributed by atoms with E-state index in [1.165, 1.54) is 0 Å². The van der Waals surface area contributed by atoms with Gasteiger partial charge < -0.3 is 0 Å². The number of hydrogen-bond acceptors (Lipinski definition) is 1. The van der Waals surface area contributed by atoms with Crippen molar-refractivity contribution in [2.24, 2.45) is 0 Å². The Balaban J connectivity index is 0.000000671. The number of carbonyl (C=O) groups excluding carboxylic acids is 1. The van der Waals surface area contributed by atoms with Crippen LogP contribution < -0.4 is 0 Å². The van der Waals surface area contributed by atoms with Crippen LogP contribution in [0, 0.1) is 12.7 Å². The second-order valence-electron chi connectivity index (χ2n) is 2.21. The second kappa shape index (κ2) is 5.86. The number of rotatable bonds is 1. The van der Waals surface area contributed by atoms with Gasteiger partial charge in [-0.1, -0.05) is 19.9 Å². The Morgan fingerprint density at radius 1 is 1.38 bits per heavy atom. The SMILES string of the molecule is CC.Cc1ccc(Br)c(F)c1C=O. The average molecular weight is 247 g/mol. The van der Waals surface area contributed by atoms with Gasteiger partial charge in [-0.2, -0.15) is 0 Å². The Labute approximate surface area is 86.1 Å². The summed E-state index contributed by atoms with van der Waals surface area (Å²) in [5.74, 6) is -0.486. The van der Waals surface area contributed by atoms with E-state index in [0.717, 1.165) is 0 Å². The van der Waals surface area contributed by atoms with Gasteiger partial charge in [0.25, 0.3) is 0 Å². The van der Waals surface area contributed by atoms with Crippen molar-refractivity contribution in [3.05, 3.63) is 33.5 Å². The standard InChI is InChI=1S/C8H6BrFO.C2H6/c1-5-2-3-7(9)8(10)6(5)4-11;1-2/h2-4H,1H3;1-2H3. The molecule has 13 heavy (non-hydrogen) atoms. The van der Waals surface area contributed by atoms with Gasteiger partial charge >= 0.3 is 0 Å². The summed E-state index contributed by atoms with van der Waals surface area (Å²) >= 11 is 2.99. The molecule has 1 aromatic carbocycles. The average Bonchev–Trinajstić information content (AvgIpc) is 2.16. The molecule has 1 aromatic rings. The molecule has 1 rings (SSSR count). The van der Waals surface area contributed by atoms with Crippen molar-refractivity contribution in [1.82, 2.24) is 0 Å². The predicted molar refractivity (Wildman–Crippen MR) is 55.6 cm³/mol. The Morgan fingerprint density at radius 3 is 2.31 bits per heavy atom. The molecule has 0 saturated heterocycles. The first kappa shape index (κ1) is 12.3. The van der Waals surface area contributed by atoms with Gasteiger partial charge in [-0.15, -0.1) is 0 Å². The maximum atomic E-state index is 13.0. The highest BCUT2D eigenvalue weighted by atomic mass is 79.9. The monoisotopic (exact) mass is 246 g/mol. The first-order valence-corrected chi connectivity index (χ1v) is 4.86. The van der Waals surface area contributed by atoms with Crippen molar-refractivity contribution in [1.29, 1.82) is 0 Å². The highest BCUT2D eigenvalue weighted by Gasteiger charge is 2.07. The molecule has 0 radical (unpaired) electrons. The van der Waals surface area contributed by atoms with E-state index >= 15 is 0 Å². The Morgan fingerprint density at radius 2 is 1.92 bits per heavy atom. The molecule has 0 heterocycles. The first-order chi connectivity index (χ1) is 6.16. The first-order valence-electron chi connectivity index (χ1n) is 4.06. The van der Waals surface area contributed by atoms with Crippen molar-refractivity contribution in [2.75, 3.05) is 0 Å². The zero-order valence-corrected chi connectivity index (χ0v) is 9.48. The van der Waals surface area contributed by atoms with Crippen LogP contribution >= 0.6 is 15.9 Å². The third kappa shape index (κ3) is 2.92. The topological polar surface area (TPSA) is 17.1 Å². The number of carbonyl (C=O) groups is 1. The lowest BCUT2D eigenvalue weighted by Crippen LogP contribution is -1.92. The number of benzene rings is 1. The van der Waals surface area contributed by atoms with E-state index in [-0.39, 0.29) is 5.56 Å². The highest BCUT2D eigenvalue weighted by molar-refractivity contribution is 9.10. The van der Waals surface area contributed by atoms with Crippen LogP contribution in [0.25, 0.3) is 0 Å². The zero-order valence-electron chi connectivity index (χ0n) is 7.90. The molecule has 72 valence electrons. The molecule has 0 atom stereocenters. The Hall–Kier alpha value is -0.700. The molecule has 0 aromatic heterocycles. The summed E-state index contributed by atoms with van der Waals surface area (Å²) in [7, 11) is 0. The molecule has 0 spiro atoms. The highest BCUT2D eigenvalue weighted by Crippen LogP contribution is 2.20. The van der Waals surface area contributed by atoms with E-state index in [0.29, 0.717) is 16.3 Å². The van der Waals surface area contributed by atoms with Crippen LogP contribution in [0.4, 0.5) is 4.39 Å². The summed E-state index contributed by atoms with van der Waals surface area (Å²) in [6.45, 7) is 5.69. The summed E-state index contributed by atoms with van der Waals surface area (Å²) in [5, 5.41) is 0. The fourth-order valence-corrected chi connectivity index (χ4v) is 1.15. The van der Waals surface area contributed by atoms with E-state index in [1.807, 2.05) is 13.8 Å². The molecular formula is C10H12BrFO. The minimum Gasteiger partial charge on any atom is -0.298 e. The summed E-state index contributed by atoms with van der Waals surface area (Å²) < 4.78 is 13.3. The Kier molecular flexibility index (Phi) is 5.55. The van der Waals surface area contributed by atoms with Crippen LogP contribution in [-0.2, 0) is 0 Å². The molecule has 0 aliphatic rings. The van der Waals surface area contributed by atoms with E-state index in [1.54, 1.807) is 19.1 Å². The third-order valence-electron chi connectivity index (χ3n) is 1.47. The van der Waals surface area contributed by atoms with Crippen LogP contribution in [0.3, 0.4) is 0 Å². The molecule has 0 aliphatic carbocycles. The lowest BCUT2D eigenvalue weighted by Gasteiger charge is -2.00.